The van der Waals surface area contributed by atoms with Gasteiger partial charge >= 0.3 is 0 Å². The molecule has 1 N–H and O–H groups in total. The average Bonchev–Trinajstić information content (AvgIpc) is 3.01. The van der Waals surface area contributed by atoms with Crippen molar-refractivity contribution in [2.45, 2.75) is 45.4 Å². The van der Waals surface area contributed by atoms with Crippen LogP contribution in [0.5, 0.6) is 0 Å². The van der Waals surface area contributed by atoms with Crippen molar-refractivity contribution < 1.29 is 5.11 Å². The number of aliphatic hydroxyl groups excluding tert-OH is 1. The lowest BCUT2D eigenvalue weighted by atomic mass is 10.1. The maximum atomic E-state index is 10.1. The molecular formula is C14H20N4O. The van der Waals surface area contributed by atoms with E-state index in [-0.39, 0.29) is 6.10 Å². The topological polar surface area (TPSA) is 55.9 Å². The van der Waals surface area contributed by atoms with Gasteiger partial charge in [-0.2, -0.15) is 5.10 Å². The third-order valence-electron chi connectivity index (χ3n) is 3.64. The van der Waals surface area contributed by atoms with E-state index in [9.17, 15) is 5.11 Å². The van der Waals surface area contributed by atoms with Crippen molar-refractivity contribution in [3.8, 4) is 0 Å². The Kier molecular flexibility index (Phi) is 3.38. The lowest BCUT2D eigenvalue weighted by molar-refractivity contribution is 0.154. The van der Waals surface area contributed by atoms with Gasteiger partial charge in [0.05, 0.1) is 12.6 Å². The number of nitrogens with zero attached hydrogens (tertiary/aromatic N) is 4. The summed E-state index contributed by atoms with van der Waals surface area (Å²) in [6.45, 7) is 3.73. The van der Waals surface area contributed by atoms with Gasteiger partial charge in [-0.15, -0.1) is 0 Å². The van der Waals surface area contributed by atoms with Crippen molar-refractivity contribution >= 4 is 0 Å². The van der Waals surface area contributed by atoms with Crippen LogP contribution < -0.4 is 0 Å². The predicted octanol–water partition coefficient (Wildman–Crippen LogP) is 1.98. The molecule has 0 radical (unpaired) electrons. The van der Waals surface area contributed by atoms with Crippen LogP contribution in [0, 0.1) is 5.92 Å². The standard InChI is InChI=1S/C14H20N4O/c1-2-6-18-13(15-10-16-18)9-17-7-5-12(8-17)14(19)11-3-4-11/h5,7-8,10-11,14,19H,2-4,6,9H2,1H3. The molecule has 1 aliphatic rings. The molecule has 2 aromatic rings. The molecule has 1 fully saturated rings. The monoisotopic (exact) mass is 260 g/mol. The minimum absolute atomic E-state index is 0.297. The van der Waals surface area contributed by atoms with Gasteiger partial charge in [0.1, 0.15) is 12.2 Å². The van der Waals surface area contributed by atoms with Crippen LogP contribution in [0.1, 0.15) is 43.7 Å². The van der Waals surface area contributed by atoms with E-state index in [2.05, 4.69) is 21.6 Å². The zero-order valence-corrected chi connectivity index (χ0v) is 11.2. The van der Waals surface area contributed by atoms with Crippen molar-refractivity contribution in [1.82, 2.24) is 19.3 Å². The van der Waals surface area contributed by atoms with E-state index < -0.39 is 0 Å². The summed E-state index contributed by atoms with van der Waals surface area (Å²) in [5, 5.41) is 14.3. The van der Waals surface area contributed by atoms with E-state index in [1.165, 1.54) is 0 Å². The maximum absolute atomic E-state index is 10.1. The summed E-state index contributed by atoms with van der Waals surface area (Å²) in [6, 6.07) is 2.00. The van der Waals surface area contributed by atoms with E-state index >= 15 is 0 Å². The fourth-order valence-electron chi connectivity index (χ4n) is 2.39. The molecule has 102 valence electrons. The van der Waals surface area contributed by atoms with Gasteiger partial charge in [-0.3, -0.25) is 0 Å². The summed E-state index contributed by atoms with van der Waals surface area (Å²) in [7, 11) is 0. The first kappa shape index (κ1) is 12.4. The molecule has 19 heavy (non-hydrogen) atoms. The first-order valence-corrected chi connectivity index (χ1v) is 6.98. The molecule has 0 saturated heterocycles. The second kappa shape index (κ2) is 5.17. The van der Waals surface area contributed by atoms with Crippen LogP contribution in [-0.2, 0) is 13.1 Å². The van der Waals surface area contributed by atoms with Crippen LogP contribution >= 0.6 is 0 Å². The molecule has 1 aliphatic carbocycles. The number of aryl methyl sites for hydroxylation is 1. The van der Waals surface area contributed by atoms with Gasteiger partial charge < -0.3 is 9.67 Å². The van der Waals surface area contributed by atoms with Crippen molar-refractivity contribution in [2.75, 3.05) is 0 Å². The minimum atomic E-state index is -0.297. The van der Waals surface area contributed by atoms with E-state index in [0.717, 1.165) is 37.2 Å². The zero-order valence-electron chi connectivity index (χ0n) is 11.2. The number of aliphatic hydroxyl groups is 1. The highest BCUT2D eigenvalue weighted by Gasteiger charge is 2.31. The molecule has 0 bridgehead atoms. The molecule has 5 heteroatoms. The van der Waals surface area contributed by atoms with E-state index in [0.29, 0.717) is 12.5 Å². The first-order chi connectivity index (χ1) is 9.28. The zero-order chi connectivity index (χ0) is 13.2. The third kappa shape index (κ3) is 2.71. The highest BCUT2D eigenvalue weighted by Crippen LogP contribution is 2.40. The third-order valence-corrected chi connectivity index (χ3v) is 3.64. The van der Waals surface area contributed by atoms with Crippen LogP contribution in [0.2, 0.25) is 0 Å². The van der Waals surface area contributed by atoms with Gasteiger partial charge in [0, 0.05) is 18.9 Å². The molecule has 1 atom stereocenters. The number of hydrogen-bond acceptors (Lipinski definition) is 3. The molecular weight excluding hydrogens is 240 g/mol. The quantitative estimate of drug-likeness (QED) is 0.864. The lowest BCUT2D eigenvalue weighted by Gasteiger charge is -2.07. The van der Waals surface area contributed by atoms with Crippen LogP contribution in [0.4, 0.5) is 0 Å². The average molecular weight is 260 g/mol. The minimum Gasteiger partial charge on any atom is -0.388 e. The molecule has 2 aromatic heterocycles. The highest BCUT2D eigenvalue weighted by atomic mass is 16.3. The summed E-state index contributed by atoms with van der Waals surface area (Å²) in [6.07, 6.45) is 8.69. The fourth-order valence-corrected chi connectivity index (χ4v) is 2.39. The van der Waals surface area contributed by atoms with E-state index in [4.69, 9.17) is 0 Å². The smallest absolute Gasteiger partial charge is 0.146 e. The molecule has 0 aromatic carbocycles. The Balaban J connectivity index is 1.70. The molecule has 2 heterocycles. The number of rotatable bonds is 6. The SMILES string of the molecule is CCCn1ncnc1Cn1ccc(C(O)C2CC2)c1. The second-order valence-corrected chi connectivity index (χ2v) is 5.30. The predicted molar refractivity (Wildman–Crippen MR) is 71.5 cm³/mol. The molecule has 1 saturated carbocycles. The van der Waals surface area contributed by atoms with Gasteiger partial charge in [-0.1, -0.05) is 6.92 Å². The van der Waals surface area contributed by atoms with Gasteiger partial charge in [0.2, 0.25) is 0 Å². The molecule has 5 nitrogen and oxygen atoms in total. The summed E-state index contributed by atoms with van der Waals surface area (Å²) < 4.78 is 4.01. The Hall–Kier alpha value is -1.62. The summed E-state index contributed by atoms with van der Waals surface area (Å²) >= 11 is 0. The number of aromatic nitrogens is 4. The summed E-state index contributed by atoms with van der Waals surface area (Å²) in [5.74, 6) is 1.43. The largest absolute Gasteiger partial charge is 0.388 e. The second-order valence-electron chi connectivity index (χ2n) is 5.30. The van der Waals surface area contributed by atoms with E-state index in [1.807, 2.05) is 23.1 Å². The normalized spacial score (nSPS) is 16.7. The van der Waals surface area contributed by atoms with Crippen molar-refractivity contribution in [3.63, 3.8) is 0 Å². The van der Waals surface area contributed by atoms with E-state index in [1.54, 1.807) is 6.33 Å². The Morgan fingerprint density at radius 1 is 1.47 bits per heavy atom. The Morgan fingerprint density at radius 3 is 3.05 bits per heavy atom. The first-order valence-electron chi connectivity index (χ1n) is 6.98. The van der Waals surface area contributed by atoms with Crippen molar-refractivity contribution in [1.29, 1.82) is 0 Å². The van der Waals surface area contributed by atoms with Crippen LogP contribution in [0.15, 0.2) is 24.8 Å². The highest BCUT2D eigenvalue weighted by molar-refractivity contribution is 5.16. The van der Waals surface area contributed by atoms with Gasteiger partial charge in [0.25, 0.3) is 0 Å². The van der Waals surface area contributed by atoms with Gasteiger partial charge in [-0.25, -0.2) is 9.67 Å². The summed E-state index contributed by atoms with van der Waals surface area (Å²) in [4.78, 5) is 4.30. The number of hydrogen-bond donors (Lipinski definition) is 1. The molecule has 0 amide bonds. The van der Waals surface area contributed by atoms with Crippen molar-refractivity contribution in [2.24, 2.45) is 5.92 Å². The Bertz CT molecular complexity index is 541. The lowest BCUT2D eigenvalue weighted by Crippen LogP contribution is -2.09. The maximum Gasteiger partial charge on any atom is 0.146 e. The summed E-state index contributed by atoms with van der Waals surface area (Å²) in [5.41, 5.74) is 1.02. The Morgan fingerprint density at radius 2 is 2.32 bits per heavy atom. The molecule has 0 aliphatic heterocycles. The molecule has 3 rings (SSSR count). The van der Waals surface area contributed by atoms with Crippen LogP contribution in [0.25, 0.3) is 0 Å². The fraction of sp³-hybridized carbons (Fsp3) is 0.571. The molecule has 0 spiro atoms. The van der Waals surface area contributed by atoms with Crippen LogP contribution in [-0.4, -0.2) is 24.4 Å². The van der Waals surface area contributed by atoms with Crippen molar-refractivity contribution in [3.05, 3.63) is 36.2 Å². The van der Waals surface area contributed by atoms with Gasteiger partial charge in [0.15, 0.2) is 0 Å². The van der Waals surface area contributed by atoms with Gasteiger partial charge in [-0.05, 0) is 36.8 Å². The van der Waals surface area contributed by atoms with Crippen LogP contribution in [0.3, 0.4) is 0 Å². The molecule has 1 unspecified atom stereocenters. The Labute approximate surface area is 112 Å².